The maximum atomic E-state index is 11.0. The SMILES string of the molecule is C=C(C[C@@H](O)[C@H](C)[C@@H](O[Si](C)(C)C(C)(C)C)C(C)C)[C@@H](C)COCc1ccccc1. The summed E-state index contributed by atoms with van der Waals surface area (Å²) in [6.07, 6.45) is 0.158. The highest BCUT2D eigenvalue weighted by Gasteiger charge is 2.41. The third-order valence-corrected chi connectivity index (χ3v) is 11.1. The molecule has 172 valence electrons. The lowest BCUT2D eigenvalue weighted by molar-refractivity contribution is 0.00402. The Labute approximate surface area is 187 Å². The van der Waals surface area contributed by atoms with Gasteiger partial charge in [0.15, 0.2) is 8.32 Å². The Morgan fingerprint density at radius 3 is 2.13 bits per heavy atom. The van der Waals surface area contributed by atoms with Crippen molar-refractivity contribution in [1.82, 2.24) is 0 Å². The van der Waals surface area contributed by atoms with Crippen molar-refractivity contribution in [3.05, 3.63) is 48.0 Å². The van der Waals surface area contributed by atoms with Crippen LogP contribution in [0.15, 0.2) is 42.5 Å². The maximum absolute atomic E-state index is 11.0. The highest BCUT2D eigenvalue weighted by Crippen LogP contribution is 2.39. The van der Waals surface area contributed by atoms with E-state index in [1.54, 1.807) is 0 Å². The van der Waals surface area contributed by atoms with Crippen molar-refractivity contribution in [2.45, 2.75) is 91.8 Å². The highest BCUT2D eigenvalue weighted by molar-refractivity contribution is 6.74. The number of ether oxygens (including phenoxy) is 1. The monoisotopic (exact) mass is 434 g/mol. The van der Waals surface area contributed by atoms with Crippen molar-refractivity contribution in [1.29, 1.82) is 0 Å². The van der Waals surface area contributed by atoms with E-state index in [1.165, 1.54) is 5.56 Å². The van der Waals surface area contributed by atoms with E-state index in [0.29, 0.717) is 25.6 Å². The van der Waals surface area contributed by atoms with Gasteiger partial charge in [0.05, 0.1) is 25.4 Å². The summed E-state index contributed by atoms with van der Waals surface area (Å²) in [5.74, 6) is 0.603. The number of rotatable bonds is 12. The number of aliphatic hydroxyl groups is 1. The van der Waals surface area contributed by atoms with Crippen molar-refractivity contribution in [2.75, 3.05) is 6.61 Å². The average molecular weight is 435 g/mol. The summed E-state index contributed by atoms with van der Waals surface area (Å²) in [6, 6.07) is 10.2. The summed E-state index contributed by atoms with van der Waals surface area (Å²) in [6.45, 7) is 25.4. The largest absolute Gasteiger partial charge is 0.413 e. The molecule has 1 aromatic rings. The lowest BCUT2D eigenvalue weighted by Crippen LogP contribution is -2.48. The lowest BCUT2D eigenvalue weighted by Gasteiger charge is -2.43. The Hall–Kier alpha value is -0.943. The first-order chi connectivity index (χ1) is 13.8. The van der Waals surface area contributed by atoms with Gasteiger partial charge in [0, 0.05) is 11.8 Å². The van der Waals surface area contributed by atoms with Crippen LogP contribution in [0.5, 0.6) is 0 Å². The number of hydrogen-bond acceptors (Lipinski definition) is 3. The molecule has 1 N–H and O–H groups in total. The molecule has 3 nitrogen and oxygen atoms in total. The van der Waals surface area contributed by atoms with Crippen LogP contribution in [0.2, 0.25) is 18.1 Å². The molecule has 0 spiro atoms. The molecule has 0 bridgehead atoms. The molecule has 0 unspecified atom stereocenters. The molecule has 0 saturated carbocycles. The van der Waals surface area contributed by atoms with E-state index < -0.39 is 14.4 Å². The van der Waals surface area contributed by atoms with Gasteiger partial charge in [0.1, 0.15) is 0 Å². The van der Waals surface area contributed by atoms with Gasteiger partial charge in [-0.3, -0.25) is 0 Å². The summed E-state index contributed by atoms with van der Waals surface area (Å²) < 4.78 is 12.6. The second-order valence-corrected chi connectivity index (χ2v) is 15.5. The van der Waals surface area contributed by atoms with Gasteiger partial charge in [-0.15, -0.1) is 0 Å². The van der Waals surface area contributed by atoms with Gasteiger partial charge >= 0.3 is 0 Å². The molecule has 0 aliphatic rings. The summed E-state index contributed by atoms with van der Waals surface area (Å²) in [5, 5.41) is 11.1. The van der Waals surface area contributed by atoms with Gasteiger partial charge in [-0.1, -0.05) is 91.0 Å². The molecule has 0 aliphatic carbocycles. The maximum Gasteiger partial charge on any atom is 0.192 e. The Kier molecular flexibility index (Phi) is 10.5. The lowest BCUT2D eigenvalue weighted by atomic mass is 9.86. The fourth-order valence-corrected chi connectivity index (χ4v) is 4.81. The predicted molar refractivity (Wildman–Crippen MR) is 131 cm³/mol. The van der Waals surface area contributed by atoms with E-state index in [-0.39, 0.29) is 23.0 Å². The topological polar surface area (TPSA) is 38.7 Å². The Morgan fingerprint density at radius 2 is 1.63 bits per heavy atom. The quantitative estimate of drug-likeness (QED) is 0.289. The fourth-order valence-electron chi connectivity index (χ4n) is 3.29. The molecular weight excluding hydrogens is 388 g/mol. The van der Waals surface area contributed by atoms with Crippen LogP contribution in [0, 0.1) is 17.8 Å². The molecular formula is C26H46O3Si. The van der Waals surface area contributed by atoms with E-state index in [0.717, 1.165) is 5.57 Å². The number of hydrogen-bond donors (Lipinski definition) is 1. The zero-order chi connectivity index (χ0) is 23.1. The molecule has 0 radical (unpaired) electrons. The van der Waals surface area contributed by atoms with Crippen molar-refractivity contribution in [2.24, 2.45) is 17.8 Å². The van der Waals surface area contributed by atoms with Crippen LogP contribution in [-0.4, -0.2) is 32.2 Å². The summed E-state index contributed by atoms with van der Waals surface area (Å²) >= 11 is 0. The molecule has 4 heteroatoms. The number of aliphatic hydroxyl groups excluding tert-OH is 1. The van der Waals surface area contributed by atoms with E-state index in [4.69, 9.17) is 9.16 Å². The van der Waals surface area contributed by atoms with Crippen molar-refractivity contribution in [3.63, 3.8) is 0 Å². The van der Waals surface area contributed by atoms with Crippen LogP contribution in [0.4, 0.5) is 0 Å². The minimum Gasteiger partial charge on any atom is -0.413 e. The second kappa shape index (κ2) is 11.6. The van der Waals surface area contributed by atoms with Crippen LogP contribution >= 0.6 is 0 Å². The second-order valence-electron chi connectivity index (χ2n) is 10.8. The van der Waals surface area contributed by atoms with E-state index in [9.17, 15) is 5.11 Å². The average Bonchev–Trinajstić information content (AvgIpc) is 2.65. The van der Waals surface area contributed by atoms with E-state index >= 15 is 0 Å². The Bertz CT molecular complexity index is 633. The first-order valence-corrected chi connectivity index (χ1v) is 14.3. The third-order valence-electron chi connectivity index (χ3n) is 6.67. The van der Waals surface area contributed by atoms with Crippen LogP contribution < -0.4 is 0 Å². The molecule has 0 fully saturated rings. The van der Waals surface area contributed by atoms with Crippen LogP contribution in [0.1, 0.15) is 60.5 Å². The molecule has 4 atom stereocenters. The molecule has 0 amide bonds. The Balaban J connectivity index is 2.62. The zero-order valence-corrected chi connectivity index (χ0v) is 21.9. The van der Waals surface area contributed by atoms with Crippen molar-refractivity contribution >= 4 is 8.32 Å². The molecule has 0 heterocycles. The first-order valence-electron chi connectivity index (χ1n) is 11.4. The third kappa shape index (κ3) is 8.30. The fraction of sp³-hybridized carbons (Fsp3) is 0.692. The molecule has 30 heavy (non-hydrogen) atoms. The minimum atomic E-state index is -1.90. The van der Waals surface area contributed by atoms with Crippen molar-refractivity contribution < 1.29 is 14.3 Å². The standard InChI is InChI=1S/C26H46O3Si/c1-19(2)25(29-30(9,10)26(6,7)8)22(5)24(27)16-20(3)21(4)17-28-18-23-14-12-11-13-15-23/h11-15,19,21-22,24-25,27H,3,16-18H2,1-2,4-10H3/t21-,22-,24+,25-/m0/s1. The highest BCUT2D eigenvalue weighted by atomic mass is 28.4. The summed E-state index contributed by atoms with van der Waals surface area (Å²) in [5.41, 5.74) is 2.21. The number of benzene rings is 1. The van der Waals surface area contributed by atoms with Gasteiger partial charge in [-0.25, -0.2) is 0 Å². The smallest absolute Gasteiger partial charge is 0.192 e. The van der Waals surface area contributed by atoms with Gasteiger partial charge in [-0.2, -0.15) is 0 Å². The summed E-state index contributed by atoms with van der Waals surface area (Å²) in [4.78, 5) is 0. The van der Waals surface area contributed by atoms with E-state index in [1.807, 2.05) is 18.2 Å². The molecule has 1 rings (SSSR count). The van der Waals surface area contributed by atoms with Gasteiger partial charge < -0.3 is 14.3 Å². The van der Waals surface area contributed by atoms with Crippen LogP contribution in [-0.2, 0) is 15.8 Å². The minimum absolute atomic E-state index is 0.0401. The van der Waals surface area contributed by atoms with Crippen LogP contribution in [0.3, 0.4) is 0 Å². The zero-order valence-electron chi connectivity index (χ0n) is 20.9. The van der Waals surface area contributed by atoms with Crippen molar-refractivity contribution in [3.8, 4) is 0 Å². The summed E-state index contributed by atoms with van der Waals surface area (Å²) in [7, 11) is -1.90. The molecule has 1 aromatic carbocycles. The molecule has 0 aliphatic heterocycles. The van der Waals surface area contributed by atoms with Gasteiger partial charge in [0.25, 0.3) is 0 Å². The normalized spacial score (nSPS) is 16.9. The first kappa shape index (κ1) is 27.1. The Morgan fingerprint density at radius 1 is 1.07 bits per heavy atom. The van der Waals surface area contributed by atoms with Gasteiger partial charge in [-0.05, 0) is 36.0 Å². The molecule has 0 saturated heterocycles. The predicted octanol–water partition coefficient (Wildman–Crippen LogP) is 6.83. The van der Waals surface area contributed by atoms with Gasteiger partial charge in [0.2, 0.25) is 0 Å². The van der Waals surface area contributed by atoms with E-state index in [2.05, 4.69) is 80.3 Å². The molecule has 0 aromatic heterocycles. The van der Waals surface area contributed by atoms with Crippen LogP contribution in [0.25, 0.3) is 0 Å².